The van der Waals surface area contributed by atoms with Crippen molar-refractivity contribution in [1.82, 2.24) is 0 Å². The fraction of sp³-hybridized carbons (Fsp3) is 1.00. The molecular formula is C19H31Br. The Bertz CT molecular complexity index is 391. The first-order valence-electron chi connectivity index (χ1n) is 9.17. The lowest BCUT2D eigenvalue weighted by atomic mass is 9.45. The lowest BCUT2D eigenvalue weighted by molar-refractivity contribution is -0.102. The quantitative estimate of drug-likeness (QED) is 0.462. The van der Waals surface area contributed by atoms with Gasteiger partial charge >= 0.3 is 0 Å². The van der Waals surface area contributed by atoms with Crippen LogP contribution in [0, 0.1) is 34.5 Å². The molecule has 3 unspecified atom stereocenters. The van der Waals surface area contributed by atoms with Crippen LogP contribution in [0.5, 0.6) is 0 Å². The van der Waals surface area contributed by atoms with E-state index < -0.39 is 0 Å². The Kier molecular flexibility index (Phi) is 3.34. The Morgan fingerprint density at radius 3 is 2.55 bits per heavy atom. The Hall–Kier alpha value is 0.480. The number of halogens is 1. The van der Waals surface area contributed by atoms with Gasteiger partial charge in [-0.25, -0.2) is 0 Å². The molecule has 0 amide bonds. The smallest absolute Gasteiger partial charge is 0.0148 e. The zero-order valence-corrected chi connectivity index (χ0v) is 14.9. The van der Waals surface area contributed by atoms with Crippen molar-refractivity contribution < 1.29 is 0 Å². The fourth-order valence-electron chi connectivity index (χ4n) is 7.20. The Balaban J connectivity index is 1.62. The molecule has 0 N–H and O–H groups in total. The predicted octanol–water partition coefficient (Wildman–Crippen LogP) is 6.18. The minimum absolute atomic E-state index is 0.692. The third-order valence-electron chi connectivity index (χ3n) is 8.38. The van der Waals surface area contributed by atoms with E-state index >= 15 is 0 Å². The van der Waals surface area contributed by atoms with Gasteiger partial charge < -0.3 is 0 Å². The van der Waals surface area contributed by atoms with Gasteiger partial charge in [0.25, 0.3) is 0 Å². The molecule has 4 aliphatic rings. The summed E-state index contributed by atoms with van der Waals surface area (Å²) in [6, 6.07) is 0. The molecule has 7 atom stereocenters. The van der Waals surface area contributed by atoms with Crippen LogP contribution in [-0.4, -0.2) is 4.83 Å². The summed E-state index contributed by atoms with van der Waals surface area (Å²) < 4.78 is 0. The molecule has 4 aliphatic carbocycles. The van der Waals surface area contributed by atoms with E-state index in [4.69, 9.17) is 0 Å². The third kappa shape index (κ3) is 1.90. The molecule has 0 aliphatic heterocycles. The Labute approximate surface area is 133 Å². The lowest BCUT2D eigenvalue weighted by Gasteiger charge is -2.60. The number of hydrogen-bond donors (Lipinski definition) is 0. The minimum Gasteiger partial charge on any atom is -0.0891 e. The van der Waals surface area contributed by atoms with Gasteiger partial charge in [0, 0.05) is 4.83 Å². The van der Waals surface area contributed by atoms with E-state index in [-0.39, 0.29) is 0 Å². The summed E-state index contributed by atoms with van der Waals surface area (Å²) in [5.74, 6) is 4.26. The van der Waals surface area contributed by atoms with Gasteiger partial charge in [0.15, 0.2) is 0 Å². The predicted molar refractivity (Wildman–Crippen MR) is 89.1 cm³/mol. The SMILES string of the molecule is C[C@@]12CCCC1C1CC[C@H]3C[C@H](Br)CC[C@]3(C)C1CC2. The summed E-state index contributed by atoms with van der Waals surface area (Å²) in [4.78, 5) is 0.817. The molecule has 0 nitrogen and oxygen atoms in total. The van der Waals surface area contributed by atoms with Gasteiger partial charge in [-0.2, -0.15) is 0 Å². The second-order valence-corrected chi connectivity index (χ2v) is 10.4. The molecular weight excluding hydrogens is 308 g/mol. The molecule has 0 saturated heterocycles. The maximum absolute atomic E-state index is 3.92. The van der Waals surface area contributed by atoms with Gasteiger partial charge in [-0.1, -0.05) is 36.2 Å². The summed E-state index contributed by atoms with van der Waals surface area (Å²) in [5, 5.41) is 0. The molecule has 0 aromatic rings. The molecule has 20 heavy (non-hydrogen) atoms. The molecule has 4 saturated carbocycles. The van der Waals surface area contributed by atoms with Crippen molar-refractivity contribution in [1.29, 1.82) is 0 Å². The highest BCUT2D eigenvalue weighted by atomic mass is 79.9. The first kappa shape index (κ1) is 14.1. The third-order valence-corrected chi connectivity index (χ3v) is 9.21. The van der Waals surface area contributed by atoms with E-state index in [0.29, 0.717) is 5.41 Å². The van der Waals surface area contributed by atoms with Crippen LogP contribution in [0.4, 0.5) is 0 Å². The molecule has 0 heterocycles. The average molecular weight is 339 g/mol. The van der Waals surface area contributed by atoms with E-state index in [2.05, 4.69) is 29.8 Å². The molecule has 0 bridgehead atoms. The summed E-state index contributed by atoms with van der Waals surface area (Å²) in [5.41, 5.74) is 1.42. The second kappa shape index (κ2) is 4.74. The van der Waals surface area contributed by atoms with Crippen molar-refractivity contribution >= 4 is 15.9 Å². The van der Waals surface area contributed by atoms with Crippen molar-refractivity contribution in [3.05, 3.63) is 0 Å². The lowest BCUT2D eigenvalue weighted by Crippen LogP contribution is -2.52. The zero-order chi connectivity index (χ0) is 14.0. The summed E-state index contributed by atoms with van der Waals surface area (Å²) >= 11 is 3.92. The van der Waals surface area contributed by atoms with E-state index in [9.17, 15) is 0 Å². The van der Waals surface area contributed by atoms with Gasteiger partial charge in [-0.05, 0) is 92.3 Å². The summed E-state index contributed by atoms with van der Waals surface area (Å²) in [6.45, 7) is 5.32. The number of fused-ring (bicyclic) bond motifs is 5. The Morgan fingerprint density at radius 2 is 1.70 bits per heavy atom. The van der Waals surface area contributed by atoms with E-state index in [1.54, 1.807) is 25.7 Å². The highest BCUT2D eigenvalue weighted by molar-refractivity contribution is 9.09. The normalized spacial score (nSPS) is 58.6. The topological polar surface area (TPSA) is 0 Å². The minimum atomic E-state index is 0.692. The standard InChI is InChI=1S/C19H31Br/c1-18-9-3-4-16(18)15-6-5-13-12-14(20)7-11-19(13,2)17(15)8-10-18/h13-17H,3-12H2,1-2H3/t13-,14+,15?,16?,17?,18-,19-/m0/s1. The van der Waals surface area contributed by atoms with Gasteiger partial charge in [0.2, 0.25) is 0 Å². The van der Waals surface area contributed by atoms with Gasteiger partial charge in [-0.3, -0.25) is 0 Å². The van der Waals surface area contributed by atoms with Crippen LogP contribution in [0.3, 0.4) is 0 Å². The van der Waals surface area contributed by atoms with E-state index in [1.165, 1.54) is 38.5 Å². The number of rotatable bonds is 0. The van der Waals surface area contributed by atoms with Crippen LogP contribution >= 0.6 is 15.9 Å². The molecule has 0 radical (unpaired) electrons. The van der Waals surface area contributed by atoms with E-state index in [0.717, 1.165) is 33.9 Å². The van der Waals surface area contributed by atoms with Crippen molar-refractivity contribution in [3.63, 3.8) is 0 Å². The van der Waals surface area contributed by atoms with Gasteiger partial charge in [-0.15, -0.1) is 0 Å². The zero-order valence-electron chi connectivity index (χ0n) is 13.3. The highest BCUT2D eigenvalue weighted by Crippen LogP contribution is 2.66. The van der Waals surface area contributed by atoms with Crippen LogP contribution in [0.1, 0.15) is 78.1 Å². The van der Waals surface area contributed by atoms with Gasteiger partial charge in [0.1, 0.15) is 0 Å². The van der Waals surface area contributed by atoms with Crippen LogP contribution in [-0.2, 0) is 0 Å². The van der Waals surface area contributed by atoms with Crippen molar-refractivity contribution in [2.45, 2.75) is 82.9 Å². The van der Waals surface area contributed by atoms with E-state index in [1.807, 2.05) is 0 Å². The number of alkyl halides is 1. The largest absolute Gasteiger partial charge is 0.0891 e. The molecule has 1 heteroatoms. The second-order valence-electron chi connectivity index (χ2n) is 9.11. The average Bonchev–Trinajstić information content (AvgIpc) is 2.81. The summed E-state index contributed by atoms with van der Waals surface area (Å²) in [6.07, 6.45) is 15.2. The van der Waals surface area contributed by atoms with Crippen molar-refractivity contribution in [2.24, 2.45) is 34.5 Å². The van der Waals surface area contributed by atoms with Crippen LogP contribution in [0.25, 0.3) is 0 Å². The van der Waals surface area contributed by atoms with Crippen LogP contribution in [0.2, 0.25) is 0 Å². The molecule has 0 aromatic heterocycles. The highest BCUT2D eigenvalue weighted by Gasteiger charge is 2.57. The monoisotopic (exact) mass is 338 g/mol. The first-order chi connectivity index (χ1) is 9.53. The van der Waals surface area contributed by atoms with Crippen molar-refractivity contribution in [3.8, 4) is 0 Å². The molecule has 4 fully saturated rings. The van der Waals surface area contributed by atoms with Crippen LogP contribution in [0.15, 0.2) is 0 Å². The fourth-order valence-corrected chi connectivity index (χ4v) is 7.88. The molecule has 4 rings (SSSR count). The molecule has 0 spiro atoms. The Morgan fingerprint density at radius 1 is 0.850 bits per heavy atom. The van der Waals surface area contributed by atoms with Crippen LogP contribution < -0.4 is 0 Å². The maximum atomic E-state index is 3.92. The van der Waals surface area contributed by atoms with Crippen molar-refractivity contribution in [2.75, 3.05) is 0 Å². The molecule has 114 valence electrons. The first-order valence-corrected chi connectivity index (χ1v) is 10.1. The number of hydrogen-bond acceptors (Lipinski definition) is 0. The maximum Gasteiger partial charge on any atom is 0.0148 e. The molecule has 0 aromatic carbocycles. The van der Waals surface area contributed by atoms with Gasteiger partial charge in [0.05, 0.1) is 0 Å². The summed E-state index contributed by atoms with van der Waals surface area (Å²) in [7, 11) is 0.